The number of aliphatic imine (C=N–C) groups is 1. The summed E-state index contributed by atoms with van der Waals surface area (Å²) in [4.78, 5) is 10.2. The zero-order valence-electron chi connectivity index (χ0n) is 17.7. The van der Waals surface area contributed by atoms with Crippen molar-refractivity contribution < 1.29 is 4.39 Å². The number of allylic oxidation sites excluding steroid dienone is 2. The van der Waals surface area contributed by atoms with Crippen LogP contribution in [0.25, 0.3) is 16.8 Å². The number of benzene rings is 1. The molecule has 0 aliphatic carbocycles. The van der Waals surface area contributed by atoms with Gasteiger partial charge in [0.1, 0.15) is 5.82 Å². The minimum absolute atomic E-state index is 0.254. The van der Waals surface area contributed by atoms with Gasteiger partial charge >= 0.3 is 0 Å². The summed E-state index contributed by atoms with van der Waals surface area (Å²) in [5.41, 5.74) is 2.55. The number of rotatable bonds is 10. The van der Waals surface area contributed by atoms with Crippen LogP contribution >= 0.6 is 23.1 Å². The van der Waals surface area contributed by atoms with Crippen molar-refractivity contribution in [1.29, 1.82) is 0 Å². The highest BCUT2D eigenvalue weighted by Crippen LogP contribution is 2.36. The van der Waals surface area contributed by atoms with E-state index in [1.54, 1.807) is 41.4 Å². The van der Waals surface area contributed by atoms with E-state index in [2.05, 4.69) is 30.7 Å². The van der Waals surface area contributed by atoms with Crippen LogP contribution in [0.5, 0.6) is 0 Å². The van der Waals surface area contributed by atoms with Gasteiger partial charge in [-0.25, -0.2) is 9.37 Å². The summed E-state index contributed by atoms with van der Waals surface area (Å²) in [6, 6.07) is 6.86. The lowest BCUT2D eigenvalue weighted by molar-refractivity contribution is 0.586. The van der Waals surface area contributed by atoms with Crippen LogP contribution in [0.4, 0.5) is 9.52 Å². The summed E-state index contributed by atoms with van der Waals surface area (Å²) in [6.07, 6.45) is 10.1. The first-order chi connectivity index (χ1) is 14.0. The predicted molar refractivity (Wildman–Crippen MR) is 130 cm³/mol. The van der Waals surface area contributed by atoms with Gasteiger partial charge in [0.2, 0.25) is 0 Å². The third-order valence-corrected chi connectivity index (χ3v) is 6.22. The fourth-order valence-electron chi connectivity index (χ4n) is 2.92. The maximum absolute atomic E-state index is 13.4. The quantitative estimate of drug-likeness (QED) is 0.239. The lowest BCUT2D eigenvalue weighted by Crippen LogP contribution is -2.18. The molecule has 0 radical (unpaired) electrons. The summed E-state index contributed by atoms with van der Waals surface area (Å²) in [6.45, 7) is 10.6. The van der Waals surface area contributed by atoms with Gasteiger partial charge in [0.05, 0.1) is 15.6 Å². The minimum atomic E-state index is -0.254. The molecule has 0 bridgehead atoms. The highest BCUT2D eigenvalue weighted by atomic mass is 32.2. The molecule has 1 aromatic carbocycles. The van der Waals surface area contributed by atoms with Gasteiger partial charge in [0.15, 0.2) is 5.13 Å². The molecule has 0 amide bonds. The molecule has 3 nitrogen and oxygen atoms in total. The van der Waals surface area contributed by atoms with E-state index < -0.39 is 0 Å². The van der Waals surface area contributed by atoms with Crippen molar-refractivity contribution in [3.8, 4) is 11.3 Å². The molecule has 0 atom stereocenters. The Bertz CT molecular complexity index is 848. The molecule has 156 valence electrons. The smallest absolute Gasteiger partial charge is 0.184 e. The van der Waals surface area contributed by atoms with Crippen LogP contribution < -0.4 is 5.32 Å². The Morgan fingerprint density at radius 2 is 1.93 bits per heavy atom. The van der Waals surface area contributed by atoms with E-state index in [1.165, 1.54) is 12.1 Å². The van der Waals surface area contributed by atoms with E-state index in [4.69, 9.17) is 4.98 Å². The molecule has 0 aliphatic heterocycles. The van der Waals surface area contributed by atoms with E-state index in [0.29, 0.717) is 6.04 Å². The molecular weight excluding hydrogens is 401 g/mol. The molecule has 0 saturated carbocycles. The third kappa shape index (κ3) is 7.12. The number of nitrogens with zero attached hydrogens (tertiary/aromatic N) is 2. The van der Waals surface area contributed by atoms with Gasteiger partial charge < -0.3 is 5.32 Å². The molecule has 1 aromatic heterocycles. The first-order valence-electron chi connectivity index (χ1n) is 9.95. The number of aromatic nitrogens is 1. The fourth-order valence-corrected chi connectivity index (χ4v) is 4.11. The molecular formula is C23H30FN3S2. The number of nitrogens with one attached hydrogen (secondary N) is 1. The van der Waals surface area contributed by atoms with E-state index in [-0.39, 0.29) is 5.82 Å². The maximum atomic E-state index is 13.4. The molecule has 29 heavy (non-hydrogen) atoms. The van der Waals surface area contributed by atoms with Crippen LogP contribution in [-0.4, -0.2) is 22.3 Å². The molecule has 0 saturated heterocycles. The van der Waals surface area contributed by atoms with Crippen LogP contribution in [0.15, 0.2) is 48.1 Å². The van der Waals surface area contributed by atoms with Gasteiger partial charge in [-0.15, -0.1) is 11.8 Å². The standard InChI is InChI=1S/C23H30FN3S2/c1-6-8-20(9-7-2)26-23-27-21(18-10-12-19(24)13-11-18)22(29-23)16(3)14-15-25-17(4)28-5/h10-15,20H,3,6-9H2,1-2,4-5H3,(H,26,27)/b15-14-,25-17?. The Balaban J connectivity index is 2.37. The first kappa shape index (κ1) is 23.4. The number of thiazole rings is 1. The highest BCUT2D eigenvalue weighted by molar-refractivity contribution is 8.13. The topological polar surface area (TPSA) is 37.3 Å². The second-order valence-electron chi connectivity index (χ2n) is 6.82. The van der Waals surface area contributed by atoms with Crippen LogP contribution in [-0.2, 0) is 0 Å². The van der Waals surface area contributed by atoms with Crippen molar-refractivity contribution in [2.75, 3.05) is 11.6 Å². The van der Waals surface area contributed by atoms with Crippen molar-refractivity contribution >= 4 is 38.8 Å². The molecule has 0 spiro atoms. The normalized spacial score (nSPS) is 12.1. The highest BCUT2D eigenvalue weighted by Gasteiger charge is 2.17. The Morgan fingerprint density at radius 1 is 1.28 bits per heavy atom. The number of hydrogen-bond acceptors (Lipinski definition) is 5. The molecule has 2 aromatic rings. The second kappa shape index (κ2) is 11.9. The fraction of sp³-hybridized carbons (Fsp3) is 0.391. The zero-order chi connectivity index (χ0) is 21.2. The van der Waals surface area contributed by atoms with E-state index in [9.17, 15) is 4.39 Å². The molecule has 1 N–H and O–H groups in total. The van der Waals surface area contributed by atoms with Crippen molar-refractivity contribution in [2.24, 2.45) is 4.99 Å². The summed E-state index contributed by atoms with van der Waals surface area (Å²) in [7, 11) is 0. The monoisotopic (exact) mass is 431 g/mol. The van der Waals surface area contributed by atoms with Gasteiger partial charge in [0.25, 0.3) is 0 Å². The van der Waals surface area contributed by atoms with Gasteiger partial charge in [-0.3, -0.25) is 4.99 Å². The molecule has 1 heterocycles. The Kier molecular flexibility index (Phi) is 9.61. The van der Waals surface area contributed by atoms with E-state index in [1.807, 2.05) is 19.3 Å². The second-order valence-corrected chi connectivity index (χ2v) is 8.81. The first-order valence-corrected chi connectivity index (χ1v) is 12.0. The molecule has 6 heteroatoms. The van der Waals surface area contributed by atoms with Crippen molar-refractivity contribution in [3.63, 3.8) is 0 Å². The Hall–Kier alpha value is -1.92. The van der Waals surface area contributed by atoms with Crippen molar-refractivity contribution in [1.82, 2.24) is 4.98 Å². The third-order valence-electron chi connectivity index (χ3n) is 4.47. The number of hydrogen-bond donors (Lipinski definition) is 1. The largest absolute Gasteiger partial charge is 0.359 e. The van der Waals surface area contributed by atoms with Crippen LogP contribution in [0.2, 0.25) is 0 Å². The van der Waals surface area contributed by atoms with Crippen LogP contribution in [0.3, 0.4) is 0 Å². The maximum Gasteiger partial charge on any atom is 0.184 e. The van der Waals surface area contributed by atoms with Crippen molar-refractivity contribution in [3.05, 3.63) is 53.8 Å². The molecule has 0 fully saturated rings. The molecule has 2 rings (SSSR count). The Labute approximate surface area is 182 Å². The number of halogens is 1. The van der Waals surface area contributed by atoms with Gasteiger partial charge in [-0.1, -0.05) is 44.6 Å². The lowest BCUT2D eigenvalue weighted by atomic mass is 10.1. The number of thioether (sulfide) groups is 1. The number of anilines is 1. The zero-order valence-corrected chi connectivity index (χ0v) is 19.3. The van der Waals surface area contributed by atoms with Gasteiger partial charge in [-0.2, -0.15) is 0 Å². The predicted octanol–water partition coefficient (Wildman–Crippen LogP) is 7.64. The SMILES string of the molecule is C=C(/C=C\N=C(C)SC)c1sc(NC(CCC)CCC)nc1-c1ccc(F)cc1. The van der Waals surface area contributed by atoms with E-state index >= 15 is 0 Å². The van der Waals surface area contributed by atoms with Crippen LogP contribution in [0.1, 0.15) is 51.3 Å². The summed E-state index contributed by atoms with van der Waals surface area (Å²) >= 11 is 3.20. The minimum Gasteiger partial charge on any atom is -0.359 e. The molecule has 0 aliphatic rings. The van der Waals surface area contributed by atoms with E-state index in [0.717, 1.165) is 57.6 Å². The summed E-state index contributed by atoms with van der Waals surface area (Å²) in [5, 5.41) is 5.47. The average Bonchev–Trinajstić information content (AvgIpc) is 3.12. The van der Waals surface area contributed by atoms with Crippen LogP contribution in [0, 0.1) is 5.82 Å². The van der Waals surface area contributed by atoms with Gasteiger partial charge in [-0.05, 0) is 61.9 Å². The van der Waals surface area contributed by atoms with Gasteiger partial charge in [0, 0.05) is 17.8 Å². The average molecular weight is 432 g/mol. The summed E-state index contributed by atoms with van der Waals surface area (Å²) in [5.74, 6) is -0.254. The lowest BCUT2D eigenvalue weighted by Gasteiger charge is -2.16. The van der Waals surface area contributed by atoms with Crippen molar-refractivity contribution in [2.45, 2.75) is 52.5 Å². The molecule has 0 unspecified atom stereocenters. The Morgan fingerprint density at radius 3 is 2.52 bits per heavy atom. The summed E-state index contributed by atoms with van der Waals surface area (Å²) < 4.78 is 13.4.